The maximum absolute atomic E-state index is 11.8. The van der Waals surface area contributed by atoms with Crippen molar-refractivity contribution in [1.29, 1.82) is 0 Å². The summed E-state index contributed by atoms with van der Waals surface area (Å²) in [5.74, 6) is -0.0648. The van der Waals surface area contributed by atoms with Crippen LogP contribution in [0.3, 0.4) is 0 Å². The van der Waals surface area contributed by atoms with Crippen molar-refractivity contribution >= 4 is 22.0 Å². The zero-order chi connectivity index (χ0) is 12.3. The number of hydrogen-bond donors (Lipinski definition) is 0. The first-order chi connectivity index (χ1) is 8.22. The molecule has 0 amide bonds. The van der Waals surface area contributed by atoms with Gasteiger partial charge in [0.1, 0.15) is 0 Å². The van der Waals surface area contributed by atoms with Crippen molar-refractivity contribution in [1.82, 2.24) is 0 Å². The van der Waals surface area contributed by atoms with E-state index < -0.39 is 0 Å². The van der Waals surface area contributed by atoms with Gasteiger partial charge in [0.15, 0.2) is 0 Å². The second kappa shape index (κ2) is 5.70. The summed E-state index contributed by atoms with van der Waals surface area (Å²) in [5.41, 5.74) is 1.20. The molecule has 0 spiro atoms. The van der Waals surface area contributed by atoms with Crippen LogP contribution in [0.4, 0.5) is 0 Å². The first-order valence-corrected chi connectivity index (χ1v) is 7.11. The van der Waals surface area contributed by atoms with Crippen molar-refractivity contribution in [2.75, 3.05) is 0 Å². The molecule has 0 N–H and O–H groups in total. The van der Waals surface area contributed by atoms with Gasteiger partial charge in [-0.15, -0.1) is 0 Å². The van der Waals surface area contributed by atoms with Crippen LogP contribution in [0.5, 0.6) is 0 Å². The average molecular weight is 296 g/mol. The summed E-state index contributed by atoms with van der Waals surface area (Å²) in [4.78, 5) is 12.0. The molecule has 0 bridgehead atoms. The van der Waals surface area contributed by atoms with Crippen molar-refractivity contribution in [3.63, 3.8) is 0 Å². The van der Waals surface area contributed by atoms with Crippen LogP contribution in [-0.2, 0) is 16.0 Å². The Kier molecular flexibility index (Phi) is 4.25. The van der Waals surface area contributed by atoms with Gasteiger partial charge in [-0.05, 0) is 0 Å². The second-order valence-electron chi connectivity index (χ2n) is 4.52. The van der Waals surface area contributed by atoms with E-state index >= 15 is 0 Å². The van der Waals surface area contributed by atoms with Crippen molar-refractivity contribution in [3.05, 3.63) is 35.9 Å². The summed E-state index contributed by atoms with van der Waals surface area (Å²) >= 11 is 3.13. The fourth-order valence-electron chi connectivity index (χ4n) is 2.27. The number of carbonyl (C=O) groups excluding carboxylic acids is 1. The number of carbonyl (C=O) groups is 1. The summed E-state index contributed by atoms with van der Waals surface area (Å²) in [5, 5.41) is 0. The standard InChI is InChI=1S/C14H17O2Se/c1-2-6-12-13(17)11(14(15)16-12)9-10-7-4-3-5-8-10/h3-5,7-8,11-13H,2,6,9H2,1H3. The molecular weight excluding hydrogens is 279 g/mol. The number of ether oxygens (including phenoxy) is 1. The Labute approximate surface area is 111 Å². The molecule has 3 heteroatoms. The Hall–Kier alpha value is -0.791. The molecule has 2 rings (SSSR count). The van der Waals surface area contributed by atoms with E-state index in [1.807, 2.05) is 18.2 Å². The third kappa shape index (κ3) is 2.91. The third-order valence-electron chi connectivity index (χ3n) is 3.20. The molecule has 1 aliphatic rings. The normalized spacial score (nSPS) is 28.1. The van der Waals surface area contributed by atoms with E-state index in [4.69, 9.17) is 4.74 Å². The monoisotopic (exact) mass is 297 g/mol. The molecule has 1 heterocycles. The van der Waals surface area contributed by atoms with Crippen LogP contribution < -0.4 is 0 Å². The Bertz CT molecular complexity index is 377. The number of cyclic esters (lactones) is 1. The van der Waals surface area contributed by atoms with E-state index in [0.29, 0.717) is 0 Å². The van der Waals surface area contributed by atoms with Crippen LogP contribution in [0.2, 0.25) is 4.82 Å². The average Bonchev–Trinajstić information content (AvgIpc) is 2.59. The zero-order valence-electron chi connectivity index (χ0n) is 9.96. The molecule has 1 aromatic rings. The van der Waals surface area contributed by atoms with Gasteiger partial charge in [0.25, 0.3) is 0 Å². The van der Waals surface area contributed by atoms with Crippen LogP contribution in [-0.4, -0.2) is 28.1 Å². The molecule has 91 valence electrons. The quantitative estimate of drug-likeness (QED) is 0.630. The fraction of sp³-hybridized carbons (Fsp3) is 0.500. The van der Waals surface area contributed by atoms with Crippen LogP contribution in [0.25, 0.3) is 0 Å². The van der Waals surface area contributed by atoms with E-state index in [-0.39, 0.29) is 22.8 Å². The zero-order valence-corrected chi connectivity index (χ0v) is 11.7. The van der Waals surface area contributed by atoms with E-state index in [9.17, 15) is 4.79 Å². The van der Waals surface area contributed by atoms with Gasteiger partial charge in [-0.2, -0.15) is 0 Å². The number of rotatable bonds is 4. The summed E-state index contributed by atoms with van der Waals surface area (Å²) in [6.45, 7) is 2.12. The first-order valence-electron chi connectivity index (χ1n) is 6.12. The van der Waals surface area contributed by atoms with E-state index in [2.05, 4.69) is 35.1 Å². The Morgan fingerprint density at radius 1 is 1.29 bits per heavy atom. The predicted molar refractivity (Wildman–Crippen MR) is 67.9 cm³/mol. The maximum atomic E-state index is 11.8. The van der Waals surface area contributed by atoms with Crippen molar-refractivity contribution < 1.29 is 9.53 Å². The van der Waals surface area contributed by atoms with Crippen molar-refractivity contribution in [3.8, 4) is 0 Å². The molecule has 1 aliphatic heterocycles. The molecule has 17 heavy (non-hydrogen) atoms. The van der Waals surface area contributed by atoms with Crippen LogP contribution in [0.15, 0.2) is 30.3 Å². The number of hydrogen-bond acceptors (Lipinski definition) is 2. The molecule has 3 unspecified atom stereocenters. The Balaban J connectivity index is 2.04. The Morgan fingerprint density at radius 3 is 2.65 bits per heavy atom. The molecule has 2 nitrogen and oxygen atoms in total. The van der Waals surface area contributed by atoms with Gasteiger partial charge in [0, 0.05) is 0 Å². The van der Waals surface area contributed by atoms with Crippen molar-refractivity contribution in [2.24, 2.45) is 5.92 Å². The minimum atomic E-state index is -0.0453. The first kappa shape index (κ1) is 12.7. The van der Waals surface area contributed by atoms with Gasteiger partial charge in [0.05, 0.1) is 0 Å². The summed E-state index contributed by atoms with van der Waals surface area (Å²) < 4.78 is 5.43. The van der Waals surface area contributed by atoms with Crippen LogP contribution in [0, 0.1) is 5.92 Å². The second-order valence-corrected chi connectivity index (χ2v) is 5.67. The fourth-order valence-corrected chi connectivity index (χ4v) is 3.11. The van der Waals surface area contributed by atoms with Crippen molar-refractivity contribution in [2.45, 2.75) is 37.1 Å². The van der Waals surface area contributed by atoms with Gasteiger partial charge < -0.3 is 0 Å². The molecule has 3 atom stereocenters. The predicted octanol–water partition coefficient (Wildman–Crippen LogP) is 2.53. The van der Waals surface area contributed by atoms with Gasteiger partial charge in [-0.3, -0.25) is 0 Å². The number of esters is 1. The summed E-state index contributed by atoms with van der Waals surface area (Å²) in [7, 11) is 0. The van der Waals surface area contributed by atoms with E-state index in [0.717, 1.165) is 19.3 Å². The molecular formula is C14H17O2Se. The summed E-state index contributed by atoms with van der Waals surface area (Å²) in [6, 6.07) is 10.1. The third-order valence-corrected chi connectivity index (χ3v) is 4.53. The van der Waals surface area contributed by atoms with Crippen LogP contribution in [0.1, 0.15) is 25.3 Å². The summed E-state index contributed by atoms with van der Waals surface area (Å²) in [6.07, 6.45) is 2.85. The molecule has 1 aromatic carbocycles. The van der Waals surface area contributed by atoms with E-state index in [1.165, 1.54) is 5.56 Å². The Morgan fingerprint density at radius 2 is 2.00 bits per heavy atom. The van der Waals surface area contributed by atoms with Crippen LogP contribution >= 0.6 is 0 Å². The van der Waals surface area contributed by atoms with Gasteiger partial charge in [-0.1, -0.05) is 0 Å². The topological polar surface area (TPSA) is 26.3 Å². The molecule has 1 saturated heterocycles. The SMILES string of the molecule is CCCC1OC(=O)C(Cc2ccccc2)C1[Se]. The molecule has 0 saturated carbocycles. The molecule has 1 radical (unpaired) electrons. The van der Waals surface area contributed by atoms with Gasteiger partial charge in [0.2, 0.25) is 0 Å². The minimum absolute atomic E-state index is 0.0195. The van der Waals surface area contributed by atoms with Gasteiger partial charge in [-0.25, -0.2) is 0 Å². The molecule has 0 aromatic heterocycles. The van der Waals surface area contributed by atoms with E-state index in [1.54, 1.807) is 0 Å². The number of benzene rings is 1. The molecule has 0 aliphatic carbocycles. The molecule has 1 fully saturated rings. The van der Waals surface area contributed by atoms with Gasteiger partial charge >= 0.3 is 110 Å².